The zero-order chi connectivity index (χ0) is 29.9. The maximum Gasteiger partial charge on any atom is 0.236 e. The van der Waals surface area contributed by atoms with Crippen molar-refractivity contribution < 1.29 is 4.42 Å². The Hall–Kier alpha value is -5.74. The summed E-state index contributed by atoms with van der Waals surface area (Å²) in [4.78, 5) is 10.6. The van der Waals surface area contributed by atoms with Crippen LogP contribution in [0.4, 0.5) is 0 Å². The maximum absolute atomic E-state index is 6.58. The zero-order valence-corrected chi connectivity index (χ0v) is 24.9. The van der Waals surface area contributed by atoms with Crippen LogP contribution in [-0.4, -0.2) is 14.5 Å². The van der Waals surface area contributed by atoms with Crippen LogP contribution in [0, 0.1) is 0 Å². The van der Waals surface area contributed by atoms with Gasteiger partial charge in [0.15, 0.2) is 5.58 Å². The third-order valence-electron chi connectivity index (χ3n) is 9.80. The minimum absolute atomic E-state index is 0.0856. The summed E-state index contributed by atoms with van der Waals surface area (Å²) in [7, 11) is 0. The molecule has 4 heteroatoms. The molecule has 0 radical (unpaired) electrons. The molecule has 0 amide bonds. The summed E-state index contributed by atoms with van der Waals surface area (Å²) in [5.74, 6) is 0.633. The molecule has 4 nitrogen and oxygen atoms in total. The Kier molecular flexibility index (Phi) is 4.76. The van der Waals surface area contributed by atoms with Gasteiger partial charge in [0.25, 0.3) is 0 Å². The minimum atomic E-state index is -0.0856. The topological polar surface area (TPSA) is 43.9 Å². The van der Waals surface area contributed by atoms with Gasteiger partial charge < -0.3 is 4.42 Å². The highest BCUT2D eigenvalue weighted by atomic mass is 16.3. The fourth-order valence-electron chi connectivity index (χ4n) is 7.68. The van der Waals surface area contributed by atoms with E-state index in [1.807, 2.05) is 18.2 Å². The third kappa shape index (κ3) is 3.26. The second-order valence-electron chi connectivity index (χ2n) is 12.6. The Bertz CT molecular complexity index is 2680. The van der Waals surface area contributed by atoms with Gasteiger partial charge in [0.1, 0.15) is 16.8 Å². The van der Waals surface area contributed by atoms with Gasteiger partial charge in [-0.15, -0.1) is 0 Å². The molecule has 45 heavy (non-hydrogen) atoms. The van der Waals surface area contributed by atoms with Crippen molar-refractivity contribution in [1.82, 2.24) is 14.5 Å². The molecule has 0 N–H and O–H groups in total. The molecule has 0 fully saturated rings. The number of fused-ring (bicyclic) bond motifs is 11. The van der Waals surface area contributed by atoms with Crippen molar-refractivity contribution in [3.8, 4) is 28.3 Å². The van der Waals surface area contributed by atoms with Crippen molar-refractivity contribution >= 4 is 54.6 Å². The molecule has 0 aliphatic heterocycles. The molecule has 1 aliphatic rings. The summed E-state index contributed by atoms with van der Waals surface area (Å²) >= 11 is 0. The maximum atomic E-state index is 6.58. The Labute approximate surface area is 259 Å². The number of furan rings is 1. The molecule has 0 spiro atoms. The van der Waals surface area contributed by atoms with Crippen molar-refractivity contribution in [2.75, 3.05) is 0 Å². The number of hydrogen-bond acceptors (Lipinski definition) is 3. The summed E-state index contributed by atoms with van der Waals surface area (Å²) in [6.45, 7) is 4.67. The SMILES string of the molecule is CC1(C)c2ccccc2-c2c1ccc1c2c2ccccc2n1-c1nc(-c2ccccc2)c2oc3cc4ccccc4cc3c2n1. The van der Waals surface area contributed by atoms with Crippen molar-refractivity contribution in [3.05, 3.63) is 139 Å². The zero-order valence-electron chi connectivity index (χ0n) is 24.9. The van der Waals surface area contributed by atoms with Gasteiger partial charge in [-0.2, -0.15) is 0 Å². The molecule has 10 rings (SSSR count). The molecular formula is C41H27N3O. The lowest BCUT2D eigenvalue weighted by molar-refractivity contribution is 0.661. The first-order valence-corrected chi connectivity index (χ1v) is 15.4. The summed E-state index contributed by atoms with van der Waals surface area (Å²) < 4.78 is 8.82. The molecule has 0 unspecified atom stereocenters. The van der Waals surface area contributed by atoms with Gasteiger partial charge in [-0.05, 0) is 57.3 Å². The van der Waals surface area contributed by atoms with Gasteiger partial charge in [0, 0.05) is 27.1 Å². The lowest BCUT2D eigenvalue weighted by atomic mass is 9.82. The monoisotopic (exact) mass is 577 g/mol. The predicted octanol–water partition coefficient (Wildman–Crippen LogP) is 10.6. The molecule has 1 aliphatic carbocycles. The Morgan fingerprint density at radius 1 is 0.622 bits per heavy atom. The van der Waals surface area contributed by atoms with Crippen LogP contribution in [0.25, 0.3) is 83.0 Å². The van der Waals surface area contributed by atoms with Crippen molar-refractivity contribution in [2.24, 2.45) is 0 Å². The highest BCUT2D eigenvalue weighted by molar-refractivity contribution is 6.18. The van der Waals surface area contributed by atoms with Crippen LogP contribution in [0.3, 0.4) is 0 Å². The number of nitrogens with zero attached hydrogens (tertiary/aromatic N) is 3. The largest absolute Gasteiger partial charge is 0.452 e. The van der Waals surface area contributed by atoms with E-state index in [1.54, 1.807) is 0 Å². The third-order valence-corrected chi connectivity index (χ3v) is 9.80. The van der Waals surface area contributed by atoms with Crippen LogP contribution in [0.2, 0.25) is 0 Å². The van der Waals surface area contributed by atoms with Gasteiger partial charge >= 0.3 is 0 Å². The van der Waals surface area contributed by atoms with Gasteiger partial charge in [-0.1, -0.05) is 117 Å². The van der Waals surface area contributed by atoms with E-state index in [-0.39, 0.29) is 5.41 Å². The fourth-order valence-corrected chi connectivity index (χ4v) is 7.68. The smallest absolute Gasteiger partial charge is 0.236 e. The molecule has 0 bridgehead atoms. The van der Waals surface area contributed by atoms with Gasteiger partial charge in [0.2, 0.25) is 5.95 Å². The number of benzene rings is 6. The number of rotatable bonds is 2. The first-order chi connectivity index (χ1) is 22.1. The molecular weight excluding hydrogens is 550 g/mol. The molecule has 212 valence electrons. The first kappa shape index (κ1) is 24.7. The summed E-state index contributed by atoms with van der Waals surface area (Å²) in [5.41, 5.74) is 11.5. The Balaban J connectivity index is 1.36. The average Bonchev–Trinajstić information content (AvgIpc) is 3.69. The number of hydrogen-bond donors (Lipinski definition) is 0. The molecule has 0 saturated heterocycles. The minimum Gasteiger partial charge on any atom is -0.452 e. The van der Waals surface area contributed by atoms with E-state index in [1.165, 1.54) is 33.0 Å². The molecule has 9 aromatic rings. The molecule has 3 aromatic heterocycles. The van der Waals surface area contributed by atoms with Crippen LogP contribution in [0.1, 0.15) is 25.0 Å². The van der Waals surface area contributed by atoms with Crippen LogP contribution in [0.5, 0.6) is 0 Å². The van der Waals surface area contributed by atoms with E-state index in [4.69, 9.17) is 14.4 Å². The highest BCUT2D eigenvalue weighted by Crippen LogP contribution is 2.53. The lowest BCUT2D eigenvalue weighted by Gasteiger charge is -2.21. The highest BCUT2D eigenvalue weighted by Gasteiger charge is 2.37. The second-order valence-corrected chi connectivity index (χ2v) is 12.6. The standard InChI is InChI=1S/C41H27N3O/c1-41(2)30-18-10-8-16-27(30)35-31(41)20-21-33-36(35)28-17-9-11-19-32(28)44(33)40-42-37(24-12-4-3-5-13-24)39-38(43-40)29-22-25-14-6-7-15-26(25)23-34(29)45-39/h3-23H,1-2H3. The summed E-state index contributed by atoms with van der Waals surface area (Å²) in [6.07, 6.45) is 0. The van der Waals surface area contributed by atoms with Crippen LogP contribution in [-0.2, 0) is 5.41 Å². The van der Waals surface area contributed by atoms with Crippen molar-refractivity contribution in [2.45, 2.75) is 19.3 Å². The summed E-state index contributed by atoms with van der Waals surface area (Å²) in [5, 5.41) is 5.72. The van der Waals surface area contributed by atoms with Gasteiger partial charge in [0.05, 0.1) is 11.0 Å². The van der Waals surface area contributed by atoms with Crippen molar-refractivity contribution in [1.29, 1.82) is 0 Å². The van der Waals surface area contributed by atoms with E-state index in [0.29, 0.717) is 11.5 Å². The number of para-hydroxylation sites is 1. The average molecular weight is 578 g/mol. The Morgan fingerprint density at radius 2 is 1.36 bits per heavy atom. The predicted molar refractivity (Wildman–Crippen MR) is 184 cm³/mol. The quantitative estimate of drug-likeness (QED) is 0.205. The van der Waals surface area contributed by atoms with E-state index >= 15 is 0 Å². The first-order valence-electron chi connectivity index (χ1n) is 15.4. The fraction of sp³-hybridized carbons (Fsp3) is 0.0732. The van der Waals surface area contributed by atoms with E-state index in [2.05, 4.69) is 128 Å². The van der Waals surface area contributed by atoms with E-state index < -0.39 is 0 Å². The van der Waals surface area contributed by atoms with Crippen molar-refractivity contribution in [3.63, 3.8) is 0 Å². The van der Waals surface area contributed by atoms with Crippen LogP contribution < -0.4 is 0 Å². The van der Waals surface area contributed by atoms with Crippen LogP contribution >= 0.6 is 0 Å². The molecule has 6 aromatic carbocycles. The van der Waals surface area contributed by atoms with E-state index in [9.17, 15) is 0 Å². The Morgan fingerprint density at radius 3 is 2.22 bits per heavy atom. The number of aromatic nitrogens is 3. The van der Waals surface area contributed by atoms with Gasteiger partial charge in [-0.3, -0.25) is 4.57 Å². The molecule has 0 atom stereocenters. The normalized spacial score (nSPS) is 13.7. The van der Waals surface area contributed by atoms with E-state index in [0.717, 1.165) is 49.5 Å². The molecule has 0 saturated carbocycles. The molecule has 3 heterocycles. The van der Waals surface area contributed by atoms with Crippen LogP contribution in [0.15, 0.2) is 132 Å². The second kappa shape index (κ2) is 8.67. The lowest BCUT2D eigenvalue weighted by Crippen LogP contribution is -2.14. The summed E-state index contributed by atoms with van der Waals surface area (Å²) in [6, 6.07) is 45.1. The van der Waals surface area contributed by atoms with Gasteiger partial charge in [-0.25, -0.2) is 9.97 Å².